The second-order valence-corrected chi connectivity index (χ2v) is 7.29. The van der Waals surface area contributed by atoms with E-state index < -0.39 is 17.4 Å². The summed E-state index contributed by atoms with van der Waals surface area (Å²) in [5, 5.41) is 22.6. The molecule has 0 saturated carbocycles. The number of hydrogen-bond donors (Lipinski definition) is 3. The molecule has 0 aliphatic rings. The summed E-state index contributed by atoms with van der Waals surface area (Å²) in [6.07, 6.45) is -0.944. The first-order valence-corrected chi connectivity index (χ1v) is 9.63. The minimum absolute atomic E-state index is 0.00763. The summed E-state index contributed by atoms with van der Waals surface area (Å²) in [6, 6.07) is 5.68. The highest BCUT2D eigenvalue weighted by Gasteiger charge is 2.21. The lowest BCUT2D eigenvalue weighted by Gasteiger charge is -2.16. The first-order chi connectivity index (χ1) is 14.2. The number of nitrogens with one attached hydrogen (secondary N) is 1. The van der Waals surface area contributed by atoms with Crippen molar-refractivity contribution in [2.75, 3.05) is 25.1 Å². The van der Waals surface area contributed by atoms with E-state index in [0.29, 0.717) is 5.75 Å². The van der Waals surface area contributed by atoms with Crippen LogP contribution in [-0.2, 0) is 20.6 Å². The van der Waals surface area contributed by atoms with Crippen LogP contribution in [0.3, 0.4) is 0 Å². The Labute approximate surface area is 173 Å². The summed E-state index contributed by atoms with van der Waals surface area (Å²) < 4.78 is 9.48. The predicted molar refractivity (Wildman–Crippen MR) is 113 cm³/mol. The molecule has 1 aromatic carbocycles. The van der Waals surface area contributed by atoms with E-state index in [1.54, 1.807) is 0 Å². The van der Waals surface area contributed by atoms with Gasteiger partial charge < -0.3 is 24.8 Å². The average Bonchev–Trinajstić information content (AvgIpc) is 3.08. The maximum atomic E-state index is 12.7. The molecule has 2 heterocycles. The number of ether oxygens (including phenoxy) is 1. The smallest absolute Gasteiger partial charge is 0.332 e. The molecule has 10 heteroatoms. The third-order valence-electron chi connectivity index (χ3n) is 5.06. The summed E-state index contributed by atoms with van der Waals surface area (Å²) in [7, 11) is 2.91. The molecule has 1 unspecified atom stereocenters. The molecule has 0 fully saturated rings. The number of aliphatic hydroxyl groups is 2. The molecule has 0 saturated heterocycles. The first-order valence-electron chi connectivity index (χ1n) is 9.63. The highest BCUT2D eigenvalue weighted by molar-refractivity contribution is 5.74. The molecule has 3 N–H and O–H groups in total. The maximum absolute atomic E-state index is 12.7. The molecule has 0 bridgehead atoms. The van der Waals surface area contributed by atoms with Crippen molar-refractivity contribution in [3.8, 4) is 5.75 Å². The van der Waals surface area contributed by atoms with Crippen LogP contribution in [0, 0.1) is 13.8 Å². The van der Waals surface area contributed by atoms with Gasteiger partial charge in [0.1, 0.15) is 18.5 Å². The SMILES string of the molecule is Cc1ccc(OCC(O)Cn2c(NCCO)nc3c2c(=O)n(C)c(=O)n3C)cc1C. The average molecular weight is 417 g/mol. The van der Waals surface area contributed by atoms with Crippen molar-refractivity contribution in [1.82, 2.24) is 18.7 Å². The van der Waals surface area contributed by atoms with Crippen molar-refractivity contribution in [2.24, 2.45) is 14.1 Å². The topological polar surface area (TPSA) is 124 Å². The number of aryl methyl sites for hydroxylation is 3. The summed E-state index contributed by atoms with van der Waals surface area (Å²) in [4.78, 5) is 29.3. The third kappa shape index (κ3) is 4.10. The highest BCUT2D eigenvalue weighted by Crippen LogP contribution is 2.18. The van der Waals surface area contributed by atoms with Gasteiger partial charge in [-0.2, -0.15) is 4.98 Å². The van der Waals surface area contributed by atoms with Crippen LogP contribution in [0.25, 0.3) is 11.2 Å². The van der Waals surface area contributed by atoms with Crippen molar-refractivity contribution in [3.05, 3.63) is 50.2 Å². The second-order valence-electron chi connectivity index (χ2n) is 7.29. The Kier molecular flexibility index (Phi) is 6.28. The number of imidazole rings is 1. The van der Waals surface area contributed by atoms with Crippen LogP contribution in [0.5, 0.6) is 5.75 Å². The van der Waals surface area contributed by atoms with Crippen LogP contribution in [0.4, 0.5) is 5.95 Å². The van der Waals surface area contributed by atoms with Gasteiger partial charge in [-0.25, -0.2) is 4.79 Å². The number of anilines is 1. The normalized spacial score (nSPS) is 12.3. The van der Waals surface area contributed by atoms with E-state index in [4.69, 9.17) is 9.84 Å². The Morgan fingerprint density at radius 3 is 2.57 bits per heavy atom. The lowest BCUT2D eigenvalue weighted by Crippen LogP contribution is -2.38. The Morgan fingerprint density at radius 1 is 1.17 bits per heavy atom. The lowest BCUT2D eigenvalue weighted by atomic mass is 10.1. The molecule has 30 heavy (non-hydrogen) atoms. The van der Waals surface area contributed by atoms with Crippen molar-refractivity contribution in [1.29, 1.82) is 0 Å². The molecule has 2 aromatic heterocycles. The van der Waals surface area contributed by atoms with Gasteiger partial charge in [-0.1, -0.05) is 6.07 Å². The molecule has 0 radical (unpaired) electrons. The summed E-state index contributed by atoms with van der Waals surface area (Å²) in [6.45, 7) is 4.07. The summed E-state index contributed by atoms with van der Waals surface area (Å²) in [5.41, 5.74) is 1.61. The fourth-order valence-electron chi connectivity index (χ4n) is 3.19. The van der Waals surface area contributed by atoms with Crippen LogP contribution in [0.1, 0.15) is 11.1 Å². The fraction of sp³-hybridized carbons (Fsp3) is 0.450. The molecular formula is C20H27N5O5. The van der Waals surface area contributed by atoms with E-state index in [0.717, 1.165) is 15.7 Å². The standard InChI is InChI=1S/C20H27N5O5/c1-12-5-6-15(9-13(12)2)30-11-14(27)10-25-16-17(22-19(25)21-7-8-26)23(3)20(29)24(4)18(16)28/h5-6,9,14,26-27H,7-8,10-11H2,1-4H3,(H,21,22). The molecule has 3 rings (SSSR count). The van der Waals surface area contributed by atoms with E-state index in [1.807, 2.05) is 32.0 Å². The lowest BCUT2D eigenvalue weighted by molar-refractivity contribution is 0.0937. The Morgan fingerprint density at radius 2 is 1.90 bits per heavy atom. The molecule has 0 spiro atoms. The van der Waals surface area contributed by atoms with Gasteiger partial charge in [0.25, 0.3) is 5.56 Å². The second kappa shape index (κ2) is 8.72. The molecule has 0 aliphatic carbocycles. The van der Waals surface area contributed by atoms with Crippen LogP contribution in [0.2, 0.25) is 0 Å². The number of fused-ring (bicyclic) bond motifs is 1. The molecule has 0 aliphatic heterocycles. The fourth-order valence-corrected chi connectivity index (χ4v) is 3.19. The zero-order valence-electron chi connectivity index (χ0n) is 17.5. The highest BCUT2D eigenvalue weighted by atomic mass is 16.5. The van der Waals surface area contributed by atoms with E-state index in [2.05, 4.69) is 10.3 Å². The minimum Gasteiger partial charge on any atom is -0.491 e. The van der Waals surface area contributed by atoms with Crippen LogP contribution >= 0.6 is 0 Å². The van der Waals surface area contributed by atoms with Crippen LogP contribution in [-0.4, -0.2) is 54.8 Å². The summed E-state index contributed by atoms with van der Waals surface area (Å²) >= 11 is 0. The van der Waals surface area contributed by atoms with Gasteiger partial charge in [0.2, 0.25) is 5.95 Å². The largest absolute Gasteiger partial charge is 0.491 e. The van der Waals surface area contributed by atoms with E-state index in [-0.39, 0.29) is 43.4 Å². The molecule has 3 aromatic rings. The number of hydrogen-bond acceptors (Lipinski definition) is 7. The van der Waals surface area contributed by atoms with Gasteiger partial charge in [0, 0.05) is 20.6 Å². The van der Waals surface area contributed by atoms with Crippen molar-refractivity contribution >= 4 is 17.1 Å². The Hall–Kier alpha value is -3.11. The van der Waals surface area contributed by atoms with Gasteiger partial charge in [-0.15, -0.1) is 0 Å². The third-order valence-corrected chi connectivity index (χ3v) is 5.06. The predicted octanol–water partition coefficient (Wildman–Crippen LogP) is -0.105. The van der Waals surface area contributed by atoms with Crippen molar-refractivity contribution in [3.63, 3.8) is 0 Å². The quantitative estimate of drug-likeness (QED) is 0.467. The van der Waals surface area contributed by atoms with Crippen LogP contribution in [0.15, 0.2) is 27.8 Å². The summed E-state index contributed by atoms with van der Waals surface area (Å²) in [5.74, 6) is 0.923. The van der Waals surface area contributed by atoms with Gasteiger partial charge in [0.15, 0.2) is 11.2 Å². The number of rotatable bonds is 8. The zero-order chi connectivity index (χ0) is 22.0. The van der Waals surface area contributed by atoms with Crippen LogP contribution < -0.4 is 21.3 Å². The molecular weight excluding hydrogens is 390 g/mol. The van der Waals surface area contributed by atoms with E-state index >= 15 is 0 Å². The van der Waals surface area contributed by atoms with Gasteiger partial charge >= 0.3 is 5.69 Å². The minimum atomic E-state index is -0.944. The molecule has 10 nitrogen and oxygen atoms in total. The van der Waals surface area contributed by atoms with Gasteiger partial charge in [-0.05, 0) is 37.1 Å². The molecule has 0 amide bonds. The monoisotopic (exact) mass is 417 g/mol. The van der Waals surface area contributed by atoms with Gasteiger partial charge in [-0.3, -0.25) is 13.9 Å². The Balaban J connectivity index is 1.92. The maximum Gasteiger partial charge on any atom is 0.332 e. The van der Waals surface area contributed by atoms with Crippen molar-refractivity contribution < 1.29 is 14.9 Å². The first kappa shape index (κ1) is 21.6. The Bertz CT molecular complexity index is 1180. The molecule has 1 atom stereocenters. The number of aliphatic hydroxyl groups excluding tert-OH is 2. The van der Waals surface area contributed by atoms with Crippen molar-refractivity contribution in [2.45, 2.75) is 26.5 Å². The number of nitrogens with zero attached hydrogens (tertiary/aromatic N) is 4. The van der Waals surface area contributed by atoms with Gasteiger partial charge in [0.05, 0.1) is 13.2 Å². The van der Waals surface area contributed by atoms with E-state index in [9.17, 15) is 14.7 Å². The van der Waals surface area contributed by atoms with E-state index in [1.165, 1.54) is 23.2 Å². The molecule has 162 valence electrons. The number of aromatic nitrogens is 4. The number of benzene rings is 1. The zero-order valence-corrected chi connectivity index (χ0v) is 17.5.